The van der Waals surface area contributed by atoms with Crippen LogP contribution < -0.4 is 4.74 Å². The number of carbonyl (C=O) groups excluding carboxylic acids is 2. The molecule has 0 bridgehead atoms. The third-order valence-electron chi connectivity index (χ3n) is 5.45. The van der Waals surface area contributed by atoms with E-state index < -0.39 is 0 Å². The first-order chi connectivity index (χ1) is 12.9. The van der Waals surface area contributed by atoms with Gasteiger partial charge in [0, 0.05) is 55.8 Å². The highest BCUT2D eigenvalue weighted by molar-refractivity contribution is 6.31. The van der Waals surface area contributed by atoms with Crippen LogP contribution in [0.15, 0.2) is 30.0 Å². The molecule has 1 aliphatic heterocycles. The van der Waals surface area contributed by atoms with Crippen LogP contribution in [-0.4, -0.2) is 55.3 Å². The zero-order chi connectivity index (χ0) is 19.6. The van der Waals surface area contributed by atoms with E-state index >= 15 is 0 Å². The number of methoxy groups -OCH3 is 1. The van der Waals surface area contributed by atoms with Crippen molar-refractivity contribution in [3.05, 3.63) is 40.6 Å². The number of rotatable bonds is 5. The number of amides is 1. The first-order valence-electron chi connectivity index (χ1n) is 9.42. The molecular weight excluding hydrogens is 364 g/mol. The van der Waals surface area contributed by atoms with Crippen molar-refractivity contribution >= 4 is 23.3 Å². The van der Waals surface area contributed by atoms with Crippen molar-refractivity contribution < 1.29 is 14.3 Å². The average Bonchev–Trinajstić information content (AvgIpc) is 2.99. The van der Waals surface area contributed by atoms with Crippen LogP contribution in [0.5, 0.6) is 5.75 Å². The van der Waals surface area contributed by atoms with Gasteiger partial charge in [0.25, 0.3) is 0 Å². The molecular formula is C21H27ClN2O3. The summed E-state index contributed by atoms with van der Waals surface area (Å²) in [5, 5.41) is 0.639. The standard InChI is InChI=1S/C21H27ClN2O3/c1-23(2)13-16-11-17(5-7-20(16)25)24-9-8-15(21(24)26)10-14-4-6-18(27-3)12-19(14)22/h4,6,12-13,15,17H,5,7-11H2,1-3H3. The van der Waals surface area contributed by atoms with Crippen molar-refractivity contribution in [1.82, 2.24) is 9.80 Å². The fourth-order valence-corrected chi connectivity index (χ4v) is 4.28. The number of hydrogen-bond acceptors (Lipinski definition) is 4. The Morgan fingerprint density at radius 3 is 2.74 bits per heavy atom. The summed E-state index contributed by atoms with van der Waals surface area (Å²) in [6.07, 6.45) is 5.29. The van der Waals surface area contributed by atoms with Gasteiger partial charge in [-0.05, 0) is 43.4 Å². The molecule has 0 aromatic heterocycles. The molecule has 3 rings (SSSR count). The SMILES string of the molecule is COc1ccc(CC2CCN(C3CCC(=O)C(=CN(C)C)C3)C2=O)c(Cl)c1. The highest BCUT2D eigenvalue weighted by atomic mass is 35.5. The molecule has 0 radical (unpaired) electrons. The number of ketones is 1. The second-order valence-corrected chi connectivity index (χ2v) is 8.02. The molecule has 1 aromatic rings. The van der Waals surface area contributed by atoms with Crippen molar-refractivity contribution in [1.29, 1.82) is 0 Å². The van der Waals surface area contributed by atoms with Gasteiger partial charge in [-0.2, -0.15) is 0 Å². The molecule has 146 valence electrons. The third-order valence-corrected chi connectivity index (χ3v) is 5.80. The van der Waals surface area contributed by atoms with Crippen LogP contribution in [0, 0.1) is 5.92 Å². The van der Waals surface area contributed by atoms with Gasteiger partial charge < -0.3 is 14.5 Å². The Labute approximate surface area is 165 Å². The van der Waals surface area contributed by atoms with E-state index in [1.807, 2.05) is 42.2 Å². The molecule has 1 aliphatic carbocycles. The number of benzene rings is 1. The van der Waals surface area contributed by atoms with Crippen molar-refractivity contribution in [2.45, 2.75) is 38.1 Å². The molecule has 1 saturated heterocycles. The quantitative estimate of drug-likeness (QED) is 0.724. The molecule has 6 heteroatoms. The molecule has 1 amide bonds. The Bertz CT molecular complexity index is 760. The first-order valence-corrected chi connectivity index (χ1v) is 9.80. The number of likely N-dealkylation sites (tertiary alicyclic amines) is 1. The number of nitrogens with zero attached hydrogens (tertiary/aromatic N) is 2. The summed E-state index contributed by atoms with van der Waals surface area (Å²) >= 11 is 6.35. The van der Waals surface area contributed by atoms with E-state index in [1.165, 1.54) is 0 Å². The highest BCUT2D eigenvalue weighted by Crippen LogP contribution is 2.33. The lowest BCUT2D eigenvalue weighted by Gasteiger charge is -2.32. The molecule has 1 aromatic carbocycles. The van der Waals surface area contributed by atoms with Gasteiger partial charge in [0.05, 0.1) is 7.11 Å². The lowest BCUT2D eigenvalue weighted by Crippen LogP contribution is -2.41. The average molecular weight is 391 g/mol. The highest BCUT2D eigenvalue weighted by Gasteiger charge is 2.38. The largest absolute Gasteiger partial charge is 0.497 e. The molecule has 2 fully saturated rings. The van der Waals surface area contributed by atoms with E-state index in [1.54, 1.807) is 13.2 Å². The summed E-state index contributed by atoms with van der Waals surface area (Å²) in [5.41, 5.74) is 1.80. The van der Waals surface area contributed by atoms with Gasteiger partial charge in [0.15, 0.2) is 5.78 Å². The van der Waals surface area contributed by atoms with Gasteiger partial charge in [0.2, 0.25) is 5.91 Å². The van der Waals surface area contributed by atoms with Crippen LogP contribution in [0.4, 0.5) is 0 Å². The summed E-state index contributed by atoms with van der Waals surface area (Å²) in [4.78, 5) is 29.0. The smallest absolute Gasteiger partial charge is 0.226 e. The van der Waals surface area contributed by atoms with Crippen LogP contribution in [0.3, 0.4) is 0 Å². The van der Waals surface area contributed by atoms with Crippen molar-refractivity contribution in [3.63, 3.8) is 0 Å². The molecule has 27 heavy (non-hydrogen) atoms. The molecule has 5 nitrogen and oxygen atoms in total. The van der Waals surface area contributed by atoms with E-state index in [0.717, 1.165) is 36.3 Å². The molecule has 0 spiro atoms. The summed E-state index contributed by atoms with van der Waals surface area (Å²) in [6.45, 7) is 0.755. The second kappa shape index (κ2) is 8.34. The predicted molar refractivity (Wildman–Crippen MR) is 106 cm³/mol. The van der Waals surface area contributed by atoms with Crippen LogP contribution in [-0.2, 0) is 16.0 Å². The third kappa shape index (κ3) is 4.46. The van der Waals surface area contributed by atoms with Crippen LogP contribution >= 0.6 is 11.6 Å². The molecule has 1 saturated carbocycles. The van der Waals surface area contributed by atoms with E-state index in [9.17, 15) is 9.59 Å². The molecule has 1 heterocycles. The van der Waals surface area contributed by atoms with Gasteiger partial charge in [-0.25, -0.2) is 0 Å². The van der Waals surface area contributed by atoms with E-state index in [-0.39, 0.29) is 23.7 Å². The lowest BCUT2D eigenvalue weighted by molar-refractivity contribution is -0.134. The van der Waals surface area contributed by atoms with Gasteiger partial charge in [-0.15, -0.1) is 0 Å². The normalized spacial score (nSPS) is 24.6. The predicted octanol–water partition coefficient (Wildman–Crippen LogP) is 3.31. The fourth-order valence-electron chi connectivity index (χ4n) is 4.03. The molecule has 2 atom stereocenters. The minimum atomic E-state index is -0.0465. The maximum Gasteiger partial charge on any atom is 0.226 e. The lowest BCUT2D eigenvalue weighted by atomic mass is 9.89. The van der Waals surface area contributed by atoms with Crippen LogP contribution in [0.2, 0.25) is 5.02 Å². The minimum absolute atomic E-state index is 0.0465. The van der Waals surface area contributed by atoms with E-state index in [4.69, 9.17) is 16.3 Å². The first kappa shape index (κ1) is 19.7. The maximum atomic E-state index is 13.0. The Morgan fingerprint density at radius 1 is 1.30 bits per heavy atom. The van der Waals surface area contributed by atoms with Crippen molar-refractivity contribution in [2.75, 3.05) is 27.7 Å². The Balaban J connectivity index is 1.67. The molecule has 0 N–H and O–H groups in total. The topological polar surface area (TPSA) is 49.9 Å². The fraction of sp³-hybridized carbons (Fsp3) is 0.524. The monoisotopic (exact) mass is 390 g/mol. The molecule has 2 aliphatic rings. The Hall–Kier alpha value is -2.01. The van der Waals surface area contributed by atoms with Gasteiger partial charge in [-0.3, -0.25) is 9.59 Å². The van der Waals surface area contributed by atoms with Gasteiger partial charge in [0.1, 0.15) is 5.75 Å². The number of hydrogen-bond donors (Lipinski definition) is 0. The van der Waals surface area contributed by atoms with Crippen LogP contribution in [0.25, 0.3) is 0 Å². The van der Waals surface area contributed by atoms with Crippen molar-refractivity contribution in [3.8, 4) is 5.75 Å². The molecule has 2 unspecified atom stereocenters. The maximum absolute atomic E-state index is 13.0. The number of carbonyl (C=O) groups is 2. The summed E-state index contributed by atoms with van der Waals surface area (Å²) < 4.78 is 5.19. The van der Waals surface area contributed by atoms with Gasteiger partial charge in [-0.1, -0.05) is 17.7 Å². The van der Waals surface area contributed by atoms with E-state index in [2.05, 4.69) is 0 Å². The minimum Gasteiger partial charge on any atom is -0.497 e. The number of ether oxygens (including phenoxy) is 1. The summed E-state index contributed by atoms with van der Waals surface area (Å²) in [5.74, 6) is 1.06. The van der Waals surface area contributed by atoms with Crippen LogP contribution in [0.1, 0.15) is 31.2 Å². The van der Waals surface area contributed by atoms with E-state index in [0.29, 0.717) is 24.3 Å². The zero-order valence-electron chi connectivity index (χ0n) is 16.2. The summed E-state index contributed by atoms with van der Waals surface area (Å²) in [7, 11) is 5.44. The Morgan fingerprint density at radius 2 is 2.07 bits per heavy atom. The number of halogens is 1. The summed E-state index contributed by atoms with van der Waals surface area (Å²) in [6, 6.07) is 5.73. The van der Waals surface area contributed by atoms with Gasteiger partial charge >= 0.3 is 0 Å². The zero-order valence-corrected chi connectivity index (χ0v) is 17.0. The second-order valence-electron chi connectivity index (χ2n) is 7.62. The number of Topliss-reactive ketones (excluding diaryl/α,β-unsaturated/α-hetero) is 1. The van der Waals surface area contributed by atoms with Crippen molar-refractivity contribution in [2.24, 2.45) is 5.92 Å². The Kier molecular flexibility index (Phi) is 6.10.